The zero-order valence-electron chi connectivity index (χ0n) is 21.4. The topological polar surface area (TPSA) is 124 Å². The number of para-hydroxylation sites is 2. The Balaban J connectivity index is 1.15. The second kappa shape index (κ2) is 11.1. The molecule has 1 aliphatic rings. The first-order valence-electron chi connectivity index (χ1n) is 13.0. The first-order chi connectivity index (χ1) is 18.5. The Morgan fingerprint density at radius 1 is 0.974 bits per heavy atom. The zero-order chi connectivity index (χ0) is 26.5. The number of unbranched alkanes of at least 4 members (excludes halogenated alkanes) is 1. The van der Waals surface area contributed by atoms with Crippen molar-refractivity contribution < 1.29 is 28.0 Å². The minimum absolute atomic E-state index is 0.114. The smallest absolute Gasteiger partial charge is 0.287 e. The van der Waals surface area contributed by atoms with E-state index in [9.17, 15) is 14.4 Å². The average molecular weight is 518 g/mol. The van der Waals surface area contributed by atoms with Gasteiger partial charge in [-0.05, 0) is 62.1 Å². The Morgan fingerprint density at radius 2 is 1.79 bits per heavy atom. The number of aromatic nitrogens is 1. The summed E-state index contributed by atoms with van der Waals surface area (Å²) in [7, 11) is 1.58. The van der Waals surface area contributed by atoms with Crippen LogP contribution in [0.25, 0.3) is 22.1 Å². The number of rotatable bonds is 10. The molecular formula is C29H31N3O6. The van der Waals surface area contributed by atoms with Crippen LogP contribution < -0.4 is 15.4 Å². The number of nitrogens with zero attached hydrogens (tertiary/aromatic N) is 1. The molecule has 2 N–H and O–H groups in total. The van der Waals surface area contributed by atoms with Gasteiger partial charge in [0.2, 0.25) is 11.7 Å². The standard InChI is InChI=1S/C29H31N3O6/c1-36-20-12-13-23-19(17-20)18-25(37-23)26(34)32-29(14-6-2-7-15-29)28(35)30-16-8-5-10-22(33)27-31-21-9-3-4-11-24(21)38-27/h3-4,9,11-13,17-18H,2,5-8,10,14-16H2,1H3,(H,30,35)(H,32,34). The van der Waals surface area contributed by atoms with Crippen molar-refractivity contribution in [3.8, 4) is 5.75 Å². The Labute approximate surface area is 219 Å². The molecule has 198 valence electrons. The van der Waals surface area contributed by atoms with Gasteiger partial charge in [-0.25, -0.2) is 4.98 Å². The van der Waals surface area contributed by atoms with Gasteiger partial charge in [-0.2, -0.15) is 0 Å². The van der Waals surface area contributed by atoms with Crippen LogP contribution in [-0.2, 0) is 4.79 Å². The maximum Gasteiger partial charge on any atom is 0.287 e. The van der Waals surface area contributed by atoms with Crippen molar-refractivity contribution in [2.24, 2.45) is 0 Å². The molecule has 5 rings (SSSR count). The lowest BCUT2D eigenvalue weighted by molar-refractivity contribution is -0.128. The molecule has 1 saturated carbocycles. The summed E-state index contributed by atoms with van der Waals surface area (Å²) in [6, 6.07) is 14.2. The van der Waals surface area contributed by atoms with Gasteiger partial charge < -0.3 is 24.2 Å². The van der Waals surface area contributed by atoms with Gasteiger partial charge in [0.05, 0.1) is 7.11 Å². The predicted molar refractivity (Wildman–Crippen MR) is 141 cm³/mol. The van der Waals surface area contributed by atoms with Crippen LogP contribution in [-0.4, -0.2) is 41.8 Å². The van der Waals surface area contributed by atoms with E-state index in [4.69, 9.17) is 13.6 Å². The van der Waals surface area contributed by atoms with Crippen molar-refractivity contribution in [1.82, 2.24) is 15.6 Å². The lowest BCUT2D eigenvalue weighted by Gasteiger charge is -2.36. The van der Waals surface area contributed by atoms with Gasteiger partial charge in [-0.1, -0.05) is 31.4 Å². The molecule has 2 aromatic carbocycles. The molecule has 9 heteroatoms. The van der Waals surface area contributed by atoms with E-state index in [1.165, 1.54) is 0 Å². The molecule has 0 radical (unpaired) electrons. The number of fused-ring (bicyclic) bond motifs is 2. The number of hydrogen-bond donors (Lipinski definition) is 2. The van der Waals surface area contributed by atoms with Crippen LogP contribution in [0, 0.1) is 0 Å². The minimum atomic E-state index is -0.986. The van der Waals surface area contributed by atoms with Crippen molar-refractivity contribution in [1.29, 1.82) is 0 Å². The zero-order valence-corrected chi connectivity index (χ0v) is 21.4. The maximum atomic E-state index is 13.3. The molecule has 9 nitrogen and oxygen atoms in total. The molecular weight excluding hydrogens is 486 g/mol. The molecule has 0 bridgehead atoms. The Kier molecular flexibility index (Phi) is 7.44. The van der Waals surface area contributed by atoms with Crippen LogP contribution >= 0.6 is 0 Å². The maximum absolute atomic E-state index is 13.3. The summed E-state index contributed by atoms with van der Waals surface area (Å²) in [5, 5.41) is 6.71. The third-order valence-electron chi connectivity index (χ3n) is 7.09. The highest BCUT2D eigenvalue weighted by Crippen LogP contribution is 2.30. The van der Waals surface area contributed by atoms with Crippen molar-refractivity contribution in [2.75, 3.05) is 13.7 Å². The Hall–Kier alpha value is -4.14. The van der Waals surface area contributed by atoms with Crippen LogP contribution in [0.4, 0.5) is 0 Å². The van der Waals surface area contributed by atoms with E-state index >= 15 is 0 Å². The first-order valence-corrected chi connectivity index (χ1v) is 13.0. The molecule has 1 aliphatic carbocycles. The quantitative estimate of drug-likeness (QED) is 0.219. The van der Waals surface area contributed by atoms with Gasteiger partial charge in [0.25, 0.3) is 11.8 Å². The third-order valence-corrected chi connectivity index (χ3v) is 7.09. The SMILES string of the molecule is COc1ccc2oc(C(=O)NC3(C(=O)NCCCCC(=O)c4nc5ccccc5o4)CCCCC3)cc2c1. The number of nitrogens with one attached hydrogen (secondary N) is 2. The van der Waals surface area contributed by atoms with Crippen molar-refractivity contribution in [3.05, 3.63) is 60.2 Å². The van der Waals surface area contributed by atoms with Gasteiger partial charge in [0.15, 0.2) is 11.3 Å². The lowest BCUT2D eigenvalue weighted by atomic mass is 9.80. The molecule has 0 saturated heterocycles. The molecule has 1 fully saturated rings. The highest BCUT2D eigenvalue weighted by molar-refractivity contribution is 6.00. The van der Waals surface area contributed by atoms with Crippen LogP contribution in [0.5, 0.6) is 5.75 Å². The van der Waals surface area contributed by atoms with Gasteiger partial charge in [-0.15, -0.1) is 0 Å². The number of methoxy groups -OCH3 is 1. The van der Waals surface area contributed by atoms with Gasteiger partial charge in [0.1, 0.15) is 22.4 Å². The molecule has 2 aromatic heterocycles. The number of furan rings is 1. The largest absolute Gasteiger partial charge is 0.497 e. The number of carbonyl (C=O) groups excluding carboxylic acids is 3. The monoisotopic (exact) mass is 517 g/mol. The Bertz CT molecular complexity index is 1430. The second-order valence-electron chi connectivity index (χ2n) is 9.73. The minimum Gasteiger partial charge on any atom is -0.497 e. The van der Waals surface area contributed by atoms with E-state index in [1.54, 1.807) is 43.5 Å². The normalized spacial score (nSPS) is 14.9. The summed E-state index contributed by atoms with van der Waals surface area (Å²) < 4.78 is 16.5. The number of carbonyl (C=O) groups is 3. The van der Waals surface area contributed by atoms with Crippen molar-refractivity contribution >= 4 is 39.7 Å². The number of Topliss-reactive ketones (excluding diaryl/α,β-unsaturated/α-hetero) is 1. The van der Waals surface area contributed by atoms with Crippen LogP contribution in [0.3, 0.4) is 0 Å². The van der Waals surface area contributed by atoms with E-state index in [0.717, 1.165) is 24.6 Å². The fourth-order valence-electron chi connectivity index (χ4n) is 4.98. The fourth-order valence-corrected chi connectivity index (χ4v) is 4.98. The molecule has 2 amide bonds. The highest BCUT2D eigenvalue weighted by atomic mass is 16.5. The van der Waals surface area contributed by atoms with Gasteiger partial charge in [-0.3, -0.25) is 14.4 Å². The average Bonchev–Trinajstić information content (AvgIpc) is 3.57. The summed E-state index contributed by atoms with van der Waals surface area (Å²) in [5.74, 6) is 0.164. The number of ketones is 1. The molecule has 0 unspecified atom stereocenters. The van der Waals surface area contributed by atoms with E-state index in [2.05, 4.69) is 15.6 Å². The summed E-state index contributed by atoms with van der Waals surface area (Å²) in [4.78, 5) is 43.1. The number of benzene rings is 2. The van der Waals surface area contributed by atoms with E-state index in [-0.39, 0.29) is 29.8 Å². The highest BCUT2D eigenvalue weighted by Gasteiger charge is 2.41. The number of hydrogen-bond acceptors (Lipinski definition) is 7. The number of oxazole rings is 1. The van der Waals surface area contributed by atoms with Crippen LogP contribution in [0.15, 0.2) is 57.4 Å². The number of ether oxygens (including phenoxy) is 1. The third kappa shape index (κ3) is 5.41. The second-order valence-corrected chi connectivity index (χ2v) is 9.73. The summed E-state index contributed by atoms with van der Waals surface area (Å²) >= 11 is 0. The summed E-state index contributed by atoms with van der Waals surface area (Å²) in [6.45, 7) is 0.404. The van der Waals surface area contributed by atoms with Gasteiger partial charge >= 0.3 is 0 Å². The molecule has 0 spiro atoms. The molecule has 4 aromatic rings. The van der Waals surface area contributed by atoms with E-state index in [1.807, 2.05) is 12.1 Å². The van der Waals surface area contributed by atoms with E-state index < -0.39 is 11.4 Å². The molecule has 2 heterocycles. The lowest BCUT2D eigenvalue weighted by Crippen LogP contribution is -2.59. The van der Waals surface area contributed by atoms with Crippen molar-refractivity contribution in [3.63, 3.8) is 0 Å². The predicted octanol–water partition coefficient (Wildman–Crippen LogP) is 5.18. The molecule has 0 atom stereocenters. The summed E-state index contributed by atoms with van der Waals surface area (Å²) in [5.41, 5.74) is 0.834. The van der Waals surface area contributed by atoms with Gasteiger partial charge in [0, 0.05) is 18.4 Å². The fraction of sp³-hybridized carbons (Fsp3) is 0.379. The first kappa shape index (κ1) is 25.5. The Morgan fingerprint density at radius 3 is 2.58 bits per heavy atom. The van der Waals surface area contributed by atoms with E-state index in [0.29, 0.717) is 54.7 Å². The molecule has 0 aliphatic heterocycles. The van der Waals surface area contributed by atoms with Crippen LogP contribution in [0.2, 0.25) is 0 Å². The van der Waals surface area contributed by atoms with Crippen molar-refractivity contribution in [2.45, 2.75) is 56.9 Å². The molecule has 38 heavy (non-hydrogen) atoms. The summed E-state index contributed by atoms with van der Waals surface area (Å²) in [6.07, 6.45) is 5.33. The number of amides is 2. The van der Waals surface area contributed by atoms with Crippen LogP contribution in [0.1, 0.15) is 72.6 Å².